The Hall–Kier alpha value is -1.37. The lowest BCUT2D eigenvalue weighted by atomic mass is 9.89. The molecule has 118 valence electrons. The second-order valence-corrected chi connectivity index (χ2v) is 4.95. The van der Waals surface area contributed by atoms with Gasteiger partial charge in [0.2, 0.25) is 5.91 Å². The summed E-state index contributed by atoms with van der Waals surface area (Å²) in [5.74, 6) is -0.601. The lowest BCUT2D eigenvalue weighted by Crippen LogP contribution is -2.57. The summed E-state index contributed by atoms with van der Waals surface area (Å²) in [6, 6.07) is 4.38. The second-order valence-electron chi connectivity index (χ2n) is 4.95. The van der Waals surface area contributed by atoms with E-state index >= 15 is 0 Å². The van der Waals surface area contributed by atoms with Crippen LogP contribution in [-0.4, -0.2) is 38.8 Å². The molecule has 21 heavy (non-hydrogen) atoms. The third kappa shape index (κ3) is 3.64. The summed E-state index contributed by atoms with van der Waals surface area (Å²) in [7, 11) is 2.98. The molecule has 2 N–H and O–H groups in total. The van der Waals surface area contributed by atoms with Crippen LogP contribution >= 0.6 is 12.4 Å². The number of anilines is 1. The van der Waals surface area contributed by atoms with Crippen LogP contribution in [0.2, 0.25) is 0 Å². The van der Waals surface area contributed by atoms with Gasteiger partial charge in [0, 0.05) is 32.0 Å². The van der Waals surface area contributed by atoms with E-state index in [9.17, 15) is 9.18 Å². The predicted molar refractivity (Wildman–Crippen MR) is 80.6 cm³/mol. The monoisotopic (exact) mass is 318 g/mol. The molecule has 1 fully saturated rings. The molecule has 0 saturated carbocycles. The van der Waals surface area contributed by atoms with E-state index in [1.165, 1.54) is 24.1 Å². The zero-order chi connectivity index (χ0) is 14.8. The minimum atomic E-state index is -0.941. The van der Waals surface area contributed by atoms with Gasteiger partial charge in [-0.25, -0.2) is 4.39 Å². The molecule has 0 atom stereocenters. The van der Waals surface area contributed by atoms with E-state index in [1.807, 2.05) is 0 Å². The Bertz CT molecular complexity index is 507. The molecule has 7 heteroatoms. The van der Waals surface area contributed by atoms with Crippen molar-refractivity contribution in [1.82, 2.24) is 0 Å². The number of benzene rings is 1. The molecule has 1 saturated heterocycles. The molecule has 0 aliphatic carbocycles. The molecule has 1 heterocycles. The van der Waals surface area contributed by atoms with Gasteiger partial charge in [-0.05, 0) is 25.0 Å². The molecule has 2 rings (SSSR count). The maximum absolute atomic E-state index is 13.7. The van der Waals surface area contributed by atoms with Crippen molar-refractivity contribution in [3.8, 4) is 5.75 Å². The van der Waals surface area contributed by atoms with Gasteiger partial charge in [-0.15, -0.1) is 12.4 Å². The first kappa shape index (κ1) is 17.7. The molecule has 1 aromatic carbocycles. The van der Waals surface area contributed by atoms with Gasteiger partial charge in [0.1, 0.15) is 5.54 Å². The summed E-state index contributed by atoms with van der Waals surface area (Å²) >= 11 is 0. The quantitative estimate of drug-likeness (QED) is 0.921. The molecule has 0 spiro atoms. The summed E-state index contributed by atoms with van der Waals surface area (Å²) in [6.45, 7) is 0.931. The van der Waals surface area contributed by atoms with Crippen molar-refractivity contribution in [2.24, 2.45) is 5.73 Å². The highest BCUT2D eigenvalue weighted by molar-refractivity contribution is 5.99. The van der Waals surface area contributed by atoms with E-state index in [4.69, 9.17) is 15.2 Å². The highest BCUT2D eigenvalue weighted by atomic mass is 35.5. The number of nitrogens with two attached hydrogens (primary N) is 1. The highest BCUT2D eigenvalue weighted by Gasteiger charge is 2.38. The number of likely N-dealkylation sites (N-methyl/N-ethyl adjacent to an activating group) is 1. The van der Waals surface area contributed by atoms with Crippen molar-refractivity contribution in [2.75, 3.05) is 32.3 Å². The lowest BCUT2D eigenvalue weighted by Gasteiger charge is -2.35. The molecule has 0 aromatic heterocycles. The fourth-order valence-corrected chi connectivity index (χ4v) is 2.26. The first-order chi connectivity index (χ1) is 9.48. The van der Waals surface area contributed by atoms with Crippen LogP contribution in [0.1, 0.15) is 12.8 Å². The van der Waals surface area contributed by atoms with E-state index in [0.29, 0.717) is 31.7 Å². The number of halogens is 2. The summed E-state index contributed by atoms with van der Waals surface area (Å²) in [5, 5.41) is 0. The van der Waals surface area contributed by atoms with Crippen LogP contribution in [-0.2, 0) is 9.53 Å². The SMILES string of the molecule is COc1ccc(N(C)C(=O)C2(N)CCOCC2)cc1F.Cl. The number of hydrogen-bond donors (Lipinski definition) is 1. The molecule has 1 aliphatic heterocycles. The van der Waals surface area contributed by atoms with Crippen molar-refractivity contribution in [1.29, 1.82) is 0 Å². The Morgan fingerprint density at radius 3 is 2.57 bits per heavy atom. The molecule has 1 amide bonds. The van der Waals surface area contributed by atoms with Crippen molar-refractivity contribution in [3.63, 3.8) is 0 Å². The van der Waals surface area contributed by atoms with Gasteiger partial charge < -0.3 is 20.1 Å². The molecular weight excluding hydrogens is 299 g/mol. The molecule has 1 aliphatic rings. The van der Waals surface area contributed by atoms with E-state index in [0.717, 1.165) is 0 Å². The van der Waals surface area contributed by atoms with Crippen molar-refractivity contribution < 1.29 is 18.7 Å². The average molecular weight is 319 g/mol. The Balaban J connectivity index is 0.00000220. The van der Waals surface area contributed by atoms with Gasteiger partial charge in [-0.2, -0.15) is 0 Å². The largest absolute Gasteiger partial charge is 0.494 e. The zero-order valence-electron chi connectivity index (χ0n) is 12.1. The summed E-state index contributed by atoms with van der Waals surface area (Å²) in [4.78, 5) is 13.9. The molecule has 5 nitrogen and oxygen atoms in total. The minimum Gasteiger partial charge on any atom is -0.494 e. The van der Waals surface area contributed by atoms with E-state index in [-0.39, 0.29) is 24.1 Å². The normalized spacial score (nSPS) is 16.8. The van der Waals surface area contributed by atoms with Gasteiger partial charge in [-0.3, -0.25) is 4.79 Å². The van der Waals surface area contributed by atoms with E-state index in [2.05, 4.69) is 0 Å². The molecule has 1 aromatic rings. The van der Waals surface area contributed by atoms with Crippen LogP contribution in [0.15, 0.2) is 18.2 Å². The molecular formula is C14H20ClFN2O3. The van der Waals surface area contributed by atoms with E-state index < -0.39 is 11.4 Å². The van der Waals surface area contributed by atoms with Crippen LogP contribution in [0.4, 0.5) is 10.1 Å². The van der Waals surface area contributed by atoms with Gasteiger partial charge in [-0.1, -0.05) is 0 Å². The number of hydrogen-bond acceptors (Lipinski definition) is 4. The minimum absolute atomic E-state index is 0. The number of rotatable bonds is 3. The Morgan fingerprint density at radius 1 is 1.43 bits per heavy atom. The first-order valence-electron chi connectivity index (χ1n) is 6.46. The van der Waals surface area contributed by atoms with Crippen LogP contribution in [0.5, 0.6) is 5.75 Å². The van der Waals surface area contributed by atoms with Crippen LogP contribution in [0, 0.1) is 5.82 Å². The van der Waals surface area contributed by atoms with Gasteiger partial charge in [0.25, 0.3) is 0 Å². The molecule has 0 bridgehead atoms. The van der Waals surface area contributed by atoms with Crippen LogP contribution in [0.3, 0.4) is 0 Å². The van der Waals surface area contributed by atoms with Gasteiger partial charge in [0.15, 0.2) is 11.6 Å². The predicted octanol–water partition coefficient (Wildman–Crippen LogP) is 1.73. The standard InChI is InChI=1S/C14H19FN2O3.ClH/c1-17(10-3-4-12(19-2)11(15)9-10)13(18)14(16)5-7-20-8-6-14;/h3-4,9H,5-8,16H2,1-2H3;1H. The topological polar surface area (TPSA) is 64.8 Å². The van der Waals surface area contributed by atoms with Gasteiger partial charge in [0.05, 0.1) is 7.11 Å². The number of carbonyl (C=O) groups is 1. The summed E-state index contributed by atoms with van der Waals surface area (Å²) in [6.07, 6.45) is 0.934. The smallest absolute Gasteiger partial charge is 0.246 e. The number of methoxy groups -OCH3 is 1. The molecule has 0 unspecified atom stereocenters. The average Bonchev–Trinajstić information content (AvgIpc) is 2.46. The third-order valence-corrected chi connectivity index (χ3v) is 3.64. The summed E-state index contributed by atoms with van der Waals surface area (Å²) < 4.78 is 23.8. The maximum Gasteiger partial charge on any atom is 0.246 e. The lowest BCUT2D eigenvalue weighted by molar-refractivity contribution is -0.126. The Kier molecular flexibility index (Phi) is 5.95. The fraction of sp³-hybridized carbons (Fsp3) is 0.500. The van der Waals surface area contributed by atoms with Crippen LogP contribution < -0.4 is 15.4 Å². The maximum atomic E-state index is 13.7. The Morgan fingerprint density at radius 2 is 2.05 bits per heavy atom. The van der Waals surface area contributed by atoms with Crippen molar-refractivity contribution in [2.45, 2.75) is 18.4 Å². The highest BCUT2D eigenvalue weighted by Crippen LogP contribution is 2.26. The third-order valence-electron chi connectivity index (χ3n) is 3.64. The van der Waals surface area contributed by atoms with Gasteiger partial charge >= 0.3 is 0 Å². The number of amides is 1. The summed E-state index contributed by atoms with van der Waals surface area (Å²) in [5.41, 5.74) is 5.65. The second kappa shape index (κ2) is 7.06. The molecule has 0 radical (unpaired) electrons. The number of carbonyl (C=O) groups excluding carboxylic acids is 1. The first-order valence-corrected chi connectivity index (χ1v) is 6.46. The Labute approximate surface area is 129 Å². The zero-order valence-corrected chi connectivity index (χ0v) is 12.9. The van der Waals surface area contributed by atoms with Crippen molar-refractivity contribution in [3.05, 3.63) is 24.0 Å². The fourth-order valence-electron chi connectivity index (χ4n) is 2.26. The van der Waals surface area contributed by atoms with Crippen molar-refractivity contribution >= 4 is 24.0 Å². The number of nitrogens with zero attached hydrogens (tertiary/aromatic N) is 1. The number of ether oxygens (including phenoxy) is 2. The van der Waals surface area contributed by atoms with E-state index in [1.54, 1.807) is 13.1 Å². The van der Waals surface area contributed by atoms with Crippen LogP contribution in [0.25, 0.3) is 0 Å².